The van der Waals surface area contributed by atoms with Crippen LogP contribution in [0.3, 0.4) is 0 Å². The molecule has 1 heterocycles. The molecule has 1 aliphatic rings. The van der Waals surface area contributed by atoms with Crippen LogP contribution in [0.2, 0.25) is 5.02 Å². The number of aliphatic imine (C=N–C) groups is 1. The minimum Gasteiger partial charge on any atom is -0.487 e. The van der Waals surface area contributed by atoms with E-state index < -0.39 is 10.9 Å². The number of hydrogen-bond donors (Lipinski definition) is 0. The second-order valence-corrected chi connectivity index (χ2v) is 8.96. The summed E-state index contributed by atoms with van der Waals surface area (Å²) in [7, 11) is 0. The number of cyclic esters (lactones) is 1. The van der Waals surface area contributed by atoms with Crippen molar-refractivity contribution >= 4 is 67.1 Å². The van der Waals surface area contributed by atoms with Crippen LogP contribution in [-0.4, -0.2) is 16.8 Å². The summed E-state index contributed by atoms with van der Waals surface area (Å²) < 4.78 is 12.5. The van der Waals surface area contributed by atoms with E-state index in [1.54, 1.807) is 18.2 Å². The molecular weight excluding hydrogens is 580 g/mol. The van der Waals surface area contributed by atoms with Crippen molar-refractivity contribution in [2.24, 2.45) is 4.99 Å². The van der Waals surface area contributed by atoms with Gasteiger partial charge in [0.15, 0.2) is 5.70 Å². The van der Waals surface area contributed by atoms with Gasteiger partial charge in [0.25, 0.3) is 5.69 Å². The summed E-state index contributed by atoms with van der Waals surface area (Å²) in [5.74, 6) is -0.0844. The zero-order valence-corrected chi connectivity index (χ0v) is 20.6. The monoisotopic (exact) mass is 590 g/mol. The van der Waals surface area contributed by atoms with E-state index in [0.717, 1.165) is 5.56 Å². The third kappa shape index (κ3) is 5.32. The van der Waals surface area contributed by atoms with Gasteiger partial charge < -0.3 is 9.47 Å². The Morgan fingerprint density at radius 2 is 1.79 bits per heavy atom. The molecule has 3 aromatic rings. The van der Waals surface area contributed by atoms with Crippen LogP contribution in [0.1, 0.15) is 16.7 Å². The molecule has 0 aromatic heterocycles. The number of ether oxygens (including phenoxy) is 2. The molecule has 166 valence electrons. The number of benzene rings is 3. The Balaban J connectivity index is 1.58. The van der Waals surface area contributed by atoms with Crippen molar-refractivity contribution in [3.63, 3.8) is 0 Å². The highest BCUT2D eigenvalue weighted by atomic mass is 79.9. The zero-order valence-electron chi connectivity index (χ0n) is 16.6. The van der Waals surface area contributed by atoms with E-state index >= 15 is 0 Å². The van der Waals surface area contributed by atoms with Crippen molar-refractivity contribution in [1.29, 1.82) is 0 Å². The molecular formula is C23H13Br2ClN2O5. The molecule has 1 aliphatic heterocycles. The third-order valence-corrected chi connectivity index (χ3v) is 6.06. The average molecular weight is 593 g/mol. The lowest BCUT2D eigenvalue weighted by Gasteiger charge is -2.11. The first-order valence-corrected chi connectivity index (χ1v) is 11.4. The van der Waals surface area contributed by atoms with Gasteiger partial charge in [-0.25, -0.2) is 9.79 Å². The molecule has 0 bridgehead atoms. The summed E-state index contributed by atoms with van der Waals surface area (Å²) in [6.07, 6.45) is 1.55. The molecule has 0 spiro atoms. The number of esters is 1. The molecule has 0 aliphatic carbocycles. The van der Waals surface area contributed by atoms with Crippen LogP contribution in [-0.2, 0) is 16.1 Å². The average Bonchev–Trinajstić information content (AvgIpc) is 3.14. The lowest BCUT2D eigenvalue weighted by atomic mass is 10.2. The van der Waals surface area contributed by atoms with E-state index in [9.17, 15) is 14.9 Å². The number of nitro groups is 1. The van der Waals surface area contributed by atoms with Crippen LogP contribution in [0.25, 0.3) is 6.08 Å². The Hall–Kier alpha value is -3.01. The number of rotatable bonds is 6. The molecule has 0 radical (unpaired) electrons. The van der Waals surface area contributed by atoms with Gasteiger partial charge in [-0.1, -0.05) is 41.9 Å². The molecule has 0 unspecified atom stereocenters. The summed E-state index contributed by atoms with van der Waals surface area (Å²) in [4.78, 5) is 27.0. The Bertz CT molecular complexity index is 1300. The third-order valence-electron chi connectivity index (χ3n) is 4.56. The topological polar surface area (TPSA) is 91.0 Å². The first-order valence-electron chi connectivity index (χ1n) is 9.44. The minimum atomic E-state index is -0.667. The molecule has 0 N–H and O–H groups in total. The normalized spacial score (nSPS) is 14.2. The minimum absolute atomic E-state index is 0.0197. The van der Waals surface area contributed by atoms with E-state index in [1.165, 1.54) is 18.2 Å². The summed E-state index contributed by atoms with van der Waals surface area (Å²) in [6.45, 7) is 0.395. The van der Waals surface area contributed by atoms with Gasteiger partial charge in [-0.3, -0.25) is 10.1 Å². The first-order chi connectivity index (χ1) is 15.8. The van der Waals surface area contributed by atoms with Gasteiger partial charge in [-0.05, 0) is 73.3 Å². The SMILES string of the molecule is O=C1OC(c2ccc(Cl)c([N+](=O)[O-])c2)=N/C1=C\c1cc(Br)c(OCc2ccccc2)c(Br)c1. The predicted molar refractivity (Wildman–Crippen MR) is 131 cm³/mol. The maximum Gasteiger partial charge on any atom is 0.363 e. The summed E-state index contributed by atoms with van der Waals surface area (Å²) in [5, 5.41) is 11.1. The molecule has 0 fully saturated rings. The van der Waals surface area contributed by atoms with Gasteiger partial charge in [0.05, 0.1) is 13.9 Å². The lowest BCUT2D eigenvalue weighted by molar-refractivity contribution is -0.384. The Kier molecular flexibility index (Phi) is 6.92. The lowest BCUT2D eigenvalue weighted by Crippen LogP contribution is -2.06. The molecule has 4 rings (SSSR count). The number of halogens is 3. The smallest absolute Gasteiger partial charge is 0.363 e. The molecule has 10 heteroatoms. The quantitative estimate of drug-likeness (QED) is 0.138. The molecule has 0 saturated heterocycles. The highest BCUT2D eigenvalue weighted by Crippen LogP contribution is 2.36. The van der Waals surface area contributed by atoms with Gasteiger partial charge in [0, 0.05) is 11.6 Å². The Morgan fingerprint density at radius 3 is 2.45 bits per heavy atom. The van der Waals surface area contributed by atoms with Crippen LogP contribution in [0.4, 0.5) is 5.69 Å². The van der Waals surface area contributed by atoms with Crippen molar-refractivity contribution in [3.05, 3.63) is 107 Å². The molecule has 7 nitrogen and oxygen atoms in total. The highest BCUT2D eigenvalue weighted by Gasteiger charge is 2.26. The molecule has 0 amide bonds. The van der Waals surface area contributed by atoms with Crippen LogP contribution >= 0.6 is 43.5 Å². The molecule has 3 aromatic carbocycles. The highest BCUT2D eigenvalue weighted by molar-refractivity contribution is 9.11. The van der Waals surface area contributed by atoms with E-state index in [0.29, 0.717) is 26.9 Å². The van der Waals surface area contributed by atoms with Crippen LogP contribution in [0.15, 0.2) is 80.3 Å². The molecule has 0 atom stereocenters. The van der Waals surface area contributed by atoms with Crippen molar-refractivity contribution in [3.8, 4) is 5.75 Å². The van der Waals surface area contributed by atoms with Crippen LogP contribution in [0.5, 0.6) is 5.75 Å². The van der Waals surface area contributed by atoms with Crippen molar-refractivity contribution in [2.75, 3.05) is 0 Å². The second kappa shape index (κ2) is 9.86. The van der Waals surface area contributed by atoms with E-state index in [1.807, 2.05) is 30.3 Å². The number of carbonyl (C=O) groups excluding carboxylic acids is 1. The van der Waals surface area contributed by atoms with Gasteiger partial charge in [-0.2, -0.15) is 0 Å². The van der Waals surface area contributed by atoms with Gasteiger partial charge in [0.2, 0.25) is 5.90 Å². The predicted octanol–water partition coefficient (Wildman–Crippen LogP) is 6.70. The number of carbonyl (C=O) groups is 1. The maximum atomic E-state index is 12.3. The number of hydrogen-bond acceptors (Lipinski definition) is 6. The molecule has 33 heavy (non-hydrogen) atoms. The van der Waals surface area contributed by atoms with Crippen LogP contribution < -0.4 is 4.74 Å². The fourth-order valence-electron chi connectivity index (χ4n) is 3.01. The van der Waals surface area contributed by atoms with Gasteiger partial charge in [-0.15, -0.1) is 0 Å². The van der Waals surface area contributed by atoms with Crippen LogP contribution in [0, 0.1) is 10.1 Å². The standard InChI is InChI=1S/C23H13Br2ClN2O5/c24-16-8-14(9-17(25)21(16)32-12-13-4-2-1-3-5-13)10-19-23(29)33-22(27-19)15-6-7-18(26)20(11-15)28(30)31/h1-11H,12H2/b19-10-. The molecule has 0 saturated carbocycles. The first kappa shape index (κ1) is 23.2. The maximum absolute atomic E-state index is 12.3. The summed E-state index contributed by atoms with van der Waals surface area (Å²) in [5.41, 5.74) is 1.72. The second-order valence-electron chi connectivity index (χ2n) is 6.85. The van der Waals surface area contributed by atoms with Gasteiger partial charge >= 0.3 is 5.97 Å². The Morgan fingerprint density at radius 1 is 1.09 bits per heavy atom. The van der Waals surface area contributed by atoms with Gasteiger partial charge in [0.1, 0.15) is 17.4 Å². The number of nitrogens with zero attached hydrogens (tertiary/aromatic N) is 2. The van der Waals surface area contributed by atoms with E-state index in [2.05, 4.69) is 36.9 Å². The Labute approximate surface area is 210 Å². The van der Waals surface area contributed by atoms with Crippen molar-refractivity contribution < 1.29 is 19.2 Å². The summed E-state index contributed by atoms with van der Waals surface area (Å²) in [6, 6.07) is 17.4. The largest absolute Gasteiger partial charge is 0.487 e. The van der Waals surface area contributed by atoms with Crippen molar-refractivity contribution in [1.82, 2.24) is 0 Å². The summed E-state index contributed by atoms with van der Waals surface area (Å²) >= 11 is 12.8. The fourth-order valence-corrected chi connectivity index (χ4v) is 4.64. The number of nitro benzene ring substituents is 1. The van der Waals surface area contributed by atoms with E-state index in [-0.39, 0.29) is 27.9 Å². The fraction of sp³-hybridized carbons (Fsp3) is 0.0435. The zero-order chi connectivity index (χ0) is 23.5. The van der Waals surface area contributed by atoms with Crippen molar-refractivity contribution in [2.45, 2.75) is 6.61 Å². The van der Waals surface area contributed by atoms with E-state index in [4.69, 9.17) is 21.1 Å².